The van der Waals surface area contributed by atoms with Gasteiger partial charge in [0, 0.05) is 13.0 Å². The van der Waals surface area contributed by atoms with E-state index in [2.05, 4.69) is 0 Å². The van der Waals surface area contributed by atoms with Crippen LogP contribution in [0.4, 0.5) is 4.79 Å². The average molecular weight is 260 g/mol. The second-order valence-electron chi connectivity index (χ2n) is 5.07. The zero-order chi connectivity index (χ0) is 13.1. The molecule has 1 heterocycles. The molecular formula is C11H20N2O3S. The largest absolute Gasteiger partial charge is 0.444 e. The van der Waals surface area contributed by atoms with Gasteiger partial charge in [0.05, 0.1) is 24.2 Å². The Morgan fingerprint density at radius 1 is 1.59 bits per heavy atom. The predicted octanol–water partition coefficient (Wildman–Crippen LogP) is 1.30. The summed E-state index contributed by atoms with van der Waals surface area (Å²) in [6.07, 6.45) is 0.135. The topological polar surface area (TPSA) is 64.8 Å². The number of hydrogen-bond donors (Lipinski definition) is 1. The first-order valence-corrected chi connectivity index (χ1v) is 6.06. The van der Waals surface area contributed by atoms with E-state index >= 15 is 0 Å². The van der Waals surface area contributed by atoms with Gasteiger partial charge in [0.15, 0.2) is 0 Å². The molecule has 1 fully saturated rings. The number of ether oxygens (including phenoxy) is 2. The summed E-state index contributed by atoms with van der Waals surface area (Å²) in [6.45, 7) is 7.02. The van der Waals surface area contributed by atoms with Crippen molar-refractivity contribution >= 4 is 23.3 Å². The van der Waals surface area contributed by atoms with Crippen molar-refractivity contribution in [3.05, 3.63) is 0 Å². The maximum absolute atomic E-state index is 12.0. The highest BCUT2D eigenvalue weighted by molar-refractivity contribution is 7.80. The first-order chi connectivity index (χ1) is 7.79. The molecule has 98 valence electrons. The van der Waals surface area contributed by atoms with E-state index in [4.69, 9.17) is 27.4 Å². The van der Waals surface area contributed by atoms with Crippen molar-refractivity contribution in [2.24, 2.45) is 5.73 Å². The summed E-state index contributed by atoms with van der Waals surface area (Å²) >= 11 is 4.87. The number of carbonyl (C=O) groups excluding carboxylic acids is 1. The van der Waals surface area contributed by atoms with Gasteiger partial charge in [-0.1, -0.05) is 12.2 Å². The number of morpholine rings is 1. The molecule has 1 rings (SSSR count). The van der Waals surface area contributed by atoms with Crippen molar-refractivity contribution < 1.29 is 14.3 Å². The molecule has 0 bridgehead atoms. The van der Waals surface area contributed by atoms with Gasteiger partial charge in [-0.2, -0.15) is 0 Å². The minimum absolute atomic E-state index is 0.115. The summed E-state index contributed by atoms with van der Waals surface area (Å²) in [6, 6.07) is -0.115. The lowest BCUT2D eigenvalue weighted by Crippen LogP contribution is -2.51. The van der Waals surface area contributed by atoms with Gasteiger partial charge >= 0.3 is 6.09 Å². The van der Waals surface area contributed by atoms with Gasteiger partial charge in [-0.3, -0.25) is 0 Å². The Labute approximate surface area is 107 Å². The Bertz CT molecular complexity index is 302. The van der Waals surface area contributed by atoms with Crippen LogP contribution in [0.1, 0.15) is 27.2 Å². The fourth-order valence-electron chi connectivity index (χ4n) is 1.62. The van der Waals surface area contributed by atoms with E-state index < -0.39 is 5.60 Å². The van der Waals surface area contributed by atoms with Crippen LogP contribution in [0.3, 0.4) is 0 Å². The molecule has 0 saturated carbocycles. The van der Waals surface area contributed by atoms with Crippen molar-refractivity contribution in [3.8, 4) is 0 Å². The third-order valence-corrected chi connectivity index (χ3v) is 2.46. The third kappa shape index (κ3) is 4.87. The van der Waals surface area contributed by atoms with E-state index in [0.29, 0.717) is 31.2 Å². The summed E-state index contributed by atoms with van der Waals surface area (Å²) < 4.78 is 10.7. The highest BCUT2D eigenvalue weighted by atomic mass is 32.1. The Morgan fingerprint density at radius 3 is 2.76 bits per heavy atom. The fraction of sp³-hybridized carbons (Fsp3) is 0.818. The monoisotopic (exact) mass is 260 g/mol. The molecule has 0 aromatic heterocycles. The van der Waals surface area contributed by atoms with Gasteiger partial charge in [0.2, 0.25) is 0 Å². The predicted molar refractivity (Wildman–Crippen MR) is 68.9 cm³/mol. The van der Waals surface area contributed by atoms with Gasteiger partial charge in [0.25, 0.3) is 0 Å². The molecule has 1 saturated heterocycles. The van der Waals surface area contributed by atoms with E-state index in [9.17, 15) is 4.79 Å². The molecule has 1 aliphatic heterocycles. The number of nitrogens with two attached hydrogens (primary N) is 1. The summed E-state index contributed by atoms with van der Waals surface area (Å²) in [7, 11) is 0. The molecule has 0 aromatic carbocycles. The maximum atomic E-state index is 12.0. The standard InChI is InChI=1S/C11H20N2O3S/c1-11(2,3)16-10(14)13-4-5-15-7-8(13)6-9(12)17/h8H,4-7H2,1-3H3,(H2,12,17). The zero-order valence-corrected chi connectivity index (χ0v) is 11.4. The average Bonchev–Trinajstić information content (AvgIpc) is 2.14. The Hall–Kier alpha value is -0.880. The summed E-state index contributed by atoms with van der Waals surface area (Å²) in [5, 5.41) is 0. The molecule has 0 aromatic rings. The number of rotatable bonds is 2. The van der Waals surface area contributed by atoms with Crippen LogP contribution in [-0.2, 0) is 9.47 Å². The second-order valence-corrected chi connectivity index (χ2v) is 5.60. The normalized spacial score (nSPS) is 21.1. The summed E-state index contributed by atoms with van der Waals surface area (Å²) in [5.74, 6) is 0. The van der Waals surface area contributed by atoms with E-state index in [-0.39, 0.29) is 12.1 Å². The lowest BCUT2D eigenvalue weighted by molar-refractivity contribution is -0.0303. The van der Waals surface area contributed by atoms with Crippen LogP contribution < -0.4 is 5.73 Å². The minimum atomic E-state index is -0.497. The summed E-state index contributed by atoms with van der Waals surface area (Å²) in [5.41, 5.74) is 5.01. The highest BCUT2D eigenvalue weighted by Crippen LogP contribution is 2.16. The van der Waals surface area contributed by atoms with Crippen LogP contribution in [0.5, 0.6) is 0 Å². The lowest BCUT2D eigenvalue weighted by Gasteiger charge is -2.36. The molecule has 0 spiro atoms. The number of carbonyl (C=O) groups is 1. The van der Waals surface area contributed by atoms with Crippen molar-refractivity contribution in [2.45, 2.75) is 38.8 Å². The van der Waals surface area contributed by atoms with Crippen LogP contribution in [0.25, 0.3) is 0 Å². The maximum Gasteiger partial charge on any atom is 0.410 e. The number of nitrogens with zero attached hydrogens (tertiary/aromatic N) is 1. The molecule has 0 aliphatic carbocycles. The minimum Gasteiger partial charge on any atom is -0.444 e. The van der Waals surface area contributed by atoms with Crippen molar-refractivity contribution in [3.63, 3.8) is 0 Å². The summed E-state index contributed by atoms with van der Waals surface area (Å²) in [4.78, 5) is 14.0. The number of thiocarbonyl (C=S) groups is 1. The van der Waals surface area contributed by atoms with Crippen LogP contribution in [0.2, 0.25) is 0 Å². The van der Waals surface area contributed by atoms with Gasteiger partial charge in [-0.25, -0.2) is 4.79 Å². The van der Waals surface area contributed by atoms with Crippen LogP contribution in [0, 0.1) is 0 Å². The number of hydrogen-bond acceptors (Lipinski definition) is 4. The van der Waals surface area contributed by atoms with Gasteiger partial charge in [-0.05, 0) is 20.8 Å². The first-order valence-electron chi connectivity index (χ1n) is 5.65. The molecule has 1 atom stereocenters. The fourth-order valence-corrected chi connectivity index (χ4v) is 1.81. The SMILES string of the molecule is CC(C)(C)OC(=O)N1CCOCC1CC(N)=S. The molecule has 1 amide bonds. The molecule has 0 radical (unpaired) electrons. The lowest BCUT2D eigenvalue weighted by atomic mass is 10.1. The molecule has 1 unspecified atom stereocenters. The Balaban J connectivity index is 2.64. The quantitative estimate of drug-likeness (QED) is 0.758. The van der Waals surface area contributed by atoms with Crippen molar-refractivity contribution in [1.82, 2.24) is 4.90 Å². The van der Waals surface area contributed by atoms with Gasteiger partial charge in [0.1, 0.15) is 5.60 Å². The van der Waals surface area contributed by atoms with E-state index in [1.54, 1.807) is 4.90 Å². The molecular weight excluding hydrogens is 240 g/mol. The van der Waals surface area contributed by atoms with Crippen molar-refractivity contribution in [2.75, 3.05) is 19.8 Å². The van der Waals surface area contributed by atoms with Gasteiger partial charge in [-0.15, -0.1) is 0 Å². The molecule has 1 aliphatic rings. The Kier molecular flexibility index (Phi) is 4.70. The van der Waals surface area contributed by atoms with E-state index in [1.807, 2.05) is 20.8 Å². The molecule has 2 N–H and O–H groups in total. The molecule has 17 heavy (non-hydrogen) atoms. The van der Waals surface area contributed by atoms with Crippen LogP contribution >= 0.6 is 12.2 Å². The van der Waals surface area contributed by atoms with Gasteiger partial charge < -0.3 is 20.1 Å². The van der Waals surface area contributed by atoms with Crippen LogP contribution in [0.15, 0.2) is 0 Å². The third-order valence-electron chi connectivity index (χ3n) is 2.29. The number of amides is 1. The van der Waals surface area contributed by atoms with E-state index in [0.717, 1.165) is 0 Å². The smallest absolute Gasteiger partial charge is 0.410 e. The van der Waals surface area contributed by atoms with Crippen molar-refractivity contribution in [1.29, 1.82) is 0 Å². The second kappa shape index (κ2) is 5.64. The zero-order valence-electron chi connectivity index (χ0n) is 10.6. The highest BCUT2D eigenvalue weighted by Gasteiger charge is 2.31. The Morgan fingerprint density at radius 2 is 2.24 bits per heavy atom. The van der Waals surface area contributed by atoms with E-state index in [1.165, 1.54) is 0 Å². The van der Waals surface area contributed by atoms with Crippen LogP contribution in [-0.4, -0.2) is 47.4 Å². The molecule has 5 nitrogen and oxygen atoms in total. The first kappa shape index (κ1) is 14.2. The molecule has 6 heteroatoms.